The lowest BCUT2D eigenvalue weighted by Crippen LogP contribution is -2.50. The van der Waals surface area contributed by atoms with Gasteiger partial charge in [-0.3, -0.25) is 14.5 Å². The Balaban J connectivity index is 1.23. The molecule has 3 aromatic rings. The minimum atomic E-state index is -0.329. The van der Waals surface area contributed by atoms with E-state index < -0.39 is 0 Å². The number of aromatic nitrogens is 2. The molecular weight excluding hydrogens is 402 g/mol. The minimum absolute atomic E-state index is 0.0428. The van der Waals surface area contributed by atoms with Gasteiger partial charge in [-0.05, 0) is 30.3 Å². The number of piperazine rings is 1. The summed E-state index contributed by atoms with van der Waals surface area (Å²) in [5, 5.41) is 6.66. The van der Waals surface area contributed by atoms with Gasteiger partial charge in [-0.1, -0.05) is 5.16 Å². The third-order valence-electron chi connectivity index (χ3n) is 5.08. The average Bonchev–Trinajstić information content (AvgIpc) is 3.50. The van der Waals surface area contributed by atoms with Crippen LogP contribution in [0.2, 0.25) is 0 Å². The number of hydrogen-bond donors (Lipinski definition) is 1. The Morgan fingerprint density at radius 1 is 1.13 bits per heavy atom. The molecule has 1 N–H and O–H groups in total. The van der Waals surface area contributed by atoms with E-state index in [0.29, 0.717) is 50.0 Å². The van der Waals surface area contributed by atoms with Gasteiger partial charge >= 0.3 is 0 Å². The summed E-state index contributed by atoms with van der Waals surface area (Å²) in [5.41, 5.74) is 1.25. The third-order valence-corrected chi connectivity index (χ3v) is 5.08. The van der Waals surface area contributed by atoms with Gasteiger partial charge in [-0.15, -0.1) is 0 Å². The molecule has 162 valence electrons. The number of nitrogens with zero attached hydrogens (tertiary/aromatic N) is 4. The molecule has 0 atom stereocenters. The molecule has 0 aliphatic carbocycles. The van der Waals surface area contributed by atoms with Gasteiger partial charge in [0, 0.05) is 31.7 Å². The molecule has 0 radical (unpaired) electrons. The Bertz CT molecular complexity index is 1010. The molecule has 4 rings (SSSR count). The molecule has 10 heteroatoms. The number of rotatable bonds is 7. The molecule has 0 unspecified atom stereocenters. The Morgan fingerprint density at radius 2 is 1.90 bits per heavy atom. The van der Waals surface area contributed by atoms with Crippen molar-refractivity contribution in [2.24, 2.45) is 0 Å². The fourth-order valence-electron chi connectivity index (χ4n) is 3.29. The molecule has 10 nitrogen and oxygen atoms in total. The molecule has 1 aliphatic heterocycles. The van der Waals surface area contributed by atoms with Crippen molar-refractivity contribution in [3.63, 3.8) is 0 Å². The van der Waals surface area contributed by atoms with Crippen LogP contribution in [-0.4, -0.2) is 71.6 Å². The number of benzene rings is 1. The summed E-state index contributed by atoms with van der Waals surface area (Å²) in [5.74, 6) is 1.37. The lowest BCUT2D eigenvalue weighted by Gasteiger charge is -2.34. The summed E-state index contributed by atoms with van der Waals surface area (Å²) in [4.78, 5) is 32.6. The Hall–Kier alpha value is -3.66. The van der Waals surface area contributed by atoms with E-state index in [9.17, 15) is 9.59 Å². The monoisotopic (exact) mass is 425 g/mol. The van der Waals surface area contributed by atoms with Crippen LogP contribution in [0.1, 0.15) is 16.2 Å². The molecular formula is C21H23N5O5. The van der Waals surface area contributed by atoms with Gasteiger partial charge in [0.15, 0.2) is 0 Å². The van der Waals surface area contributed by atoms with Gasteiger partial charge in [-0.25, -0.2) is 0 Å². The van der Waals surface area contributed by atoms with E-state index in [1.165, 1.54) is 12.5 Å². The second-order valence-electron chi connectivity index (χ2n) is 7.09. The van der Waals surface area contributed by atoms with Crippen LogP contribution in [-0.2, 0) is 11.3 Å². The quantitative estimate of drug-likeness (QED) is 0.604. The smallest absolute Gasteiger partial charge is 0.254 e. The van der Waals surface area contributed by atoms with Crippen LogP contribution in [0.25, 0.3) is 11.4 Å². The molecule has 0 bridgehead atoms. The summed E-state index contributed by atoms with van der Waals surface area (Å²) in [6.45, 7) is 2.98. The highest BCUT2D eigenvalue weighted by Gasteiger charge is 2.23. The highest BCUT2D eigenvalue weighted by Crippen LogP contribution is 2.20. The number of methoxy groups -OCH3 is 1. The minimum Gasteiger partial charge on any atom is -0.497 e. The summed E-state index contributed by atoms with van der Waals surface area (Å²) in [7, 11) is 1.62. The van der Waals surface area contributed by atoms with Crippen molar-refractivity contribution in [1.29, 1.82) is 0 Å². The number of carbonyl (C=O) groups excluding carboxylic acids is 2. The number of nitrogens with one attached hydrogen (secondary N) is 1. The van der Waals surface area contributed by atoms with Crippen LogP contribution in [0.15, 0.2) is 51.8 Å². The maximum atomic E-state index is 12.4. The Labute approximate surface area is 178 Å². The molecule has 1 aromatic carbocycles. The highest BCUT2D eigenvalue weighted by atomic mass is 16.5. The van der Waals surface area contributed by atoms with Crippen molar-refractivity contribution >= 4 is 11.8 Å². The van der Waals surface area contributed by atoms with E-state index in [4.69, 9.17) is 13.7 Å². The van der Waals surface area contributed by atoms with E-state index in [1.807, 2.05) is 24.3 Å². The average molecular weight is 425 g/mol. The van der Waals surface area contributed by atoms with Crippen molar-refractivity contribution in [2.75, 3.05) is 39.8 Å². The van der Waals surface area contributed by atoms with Crippen LogP contribution in [0.4, 0.5) is 0 Å². The topological polar surface area (TPSA) is 114 Å². The number of carbonyl (C=O) groups is 2. The SMILES string of the molecule is COc1ccc(-c2noc(CN3CCN(C(=O)CNC(=O)c4ccoc4)CC3)n2)cc1. The zero-order valence-corrected chi connectivity index (χ0v) is 17.1. The van der Waals surface area contributed by atoms with Gasteiger partial charge in [0.2, 0.25) is 17.6 Å². The first-order valence-corrected chi connectivity index (χ1v) is 9.90. The second kappa shape index (κ2) is 9.43. The van der Waals surface area contributed by atoms with Crippen LogP contribution in [0, 0.1) is 0 Å². The van der Waals surface area contributed by atoms with Gasteiger partial charge in [0.1, 0.15) is 12.0 Å². The van der Waals surface area contributed by atoms with Crippen molar-refractivity contribution in [2.45, 2.75) is 6.54 Å². The van der Waals surface area contributed by atoms with Crippen LogP contribution >= 0.6 is 0 Å². The van der Waals surface area contributed by atoms with E-state index in [-0.39, 0.29) is 18.4 Å². The fourth-order valence-corrected chi connectivity index (χ4v) is 3.29. The fraction of sp³-hybridized carbons (Fsp3) is 0.333. The summed E-state index contributed by atoms with van der Waals surface area (Å²) in [6.07, 6.45) is 2.76. The van der Waals surface area contributed by atoms with Gasteiger partial charge in [-0.2, -0.15) is 4.98 Å². The van der Waals surface area contributed by atoms with Crippen LogP contribution < -0.4 is 10.1 Å². The lowest BCUT2D eigenvalue weighted by atomic mass is 10.2. The van der Waals surface area contributed by atoms with Crippen molar-refractivity contribution < 1.29 is 23.3 Å². The van der Waals surface area contributed by atoms with Crippen molar-refractivity contribution in [3.05, 3.63) is 54.3 Å². The zero-order valence-electron chi connectivity index (χ0n) is 17.1. The summed E-state index contributed by atoms with van der Waals surface area (Å²) in [6, 6.07) is 9.00. The zero-order chi connectivity index (χ0) is 21.6. The van der Waals surface area contributed by atoms with Gasteiger partial charge in [0.25, 0.3) is 5.91 Å². The summed E-state index contributed by atoms with van der Waals surface area (Å²) >= 11 is 0. The third kappa shape index (κ3) is 5.10. The molecule has 2 amide bonds. The van der Waals surface area contributed by atoms with E-state index >= 15 is 0 Å². The first-order chi connectivity index (χ1) is 15.1. The number of amides is 2. The molecule has 1 fully saturated rings. The number of ether oxygens (including phenoxy) is 1. The predicted octanol–water partition coefficient (Wildman–Crippen LogP) is 1.41. The Morgan fingerprint density at radius 3 is 2.58 bits per heavy atom. The van der Waals surface area contributed by atoms with Gasteiger partial charge in [0.05, 0.1) is 32.0 Å². The molecule has 1 saturated heterocycles. The van der Waals surface area contributed by atoms with Crippen molar-refractivity contribution in [1.82, 2.24) is 25.3 Å². The first kappa shape index (κ1) is 20.6. The van der Waals surface area contributed by atoms with E-state index in [0.717, 1.165) is 11.3 Å². The molecule has 31 heavy (non-hydrogen) atoms. The maximum absolute atomic E-state index is 12.4. The molecule has 1 aliphatic rings. The molecule has 0 spiro atoms. The predicted molar refractivity (Wildman–Crippen MR) is 109 cm³/mol. The normalized spacial score (nSPS) is 14.4. The maximum Gasteiger partial charge on any atom is 0.254 e. The largest absolute Gasteiger partial charge is 0.497 e. The molecule has 2 aromatic heterocycles. The standard InChI is InChI=1S/C21H23N5O5/c1-29-17-4-2-15(3-5-17)20-23-18(31-24-20)13-25-7-9-26(10-8-25)19(27)12-22-21(28)16-6-11-30-14-16/h2-6,11,14H,7-10,12-13H2,1H3,(H,22,28). The van der Waals surface area contributed by atoms with Crippen molar-refractivity contribution in [3.8, 4) is 17.1 Å². The lowest BCUT2D eigenvalue weighted by molar-refractivity contribution is -0.131. The second-order valence-corrected chi connectivity index (χ2v) is 7.09. The summed E-state index contributed by atoms with van der Waals surface area (Å²) < 4.78 is 15.4. The molecule has 3 heterocycles. The Kier molecular flexibility index (Phi) is 6.27. The highest BCUT2D eigenvalue weighted by molar-refractivity contribution is 5.96. The molecule has 0 saturated carbocycles. The van der Waals surface area contributed by atoms with Gasteiger partial charge < -0.3 is 23.9 Å². The van der Waals surface area contributed by atoms with Crippen LogP contribution in [0.3, 0.4) is 0 Å². The first-order valence-electron chi connectivity index (χ1n) is 9.90. The van der Waals surface area contributed by atoms with E-state index in [2.05, 4.69) is 20.4 Å². The van der Waals surface area contributed by atoms with Crippen LogP contribution in [0.5, 0.6) is 5.75 Å². The number of furan rings is 1. The van der Waals surface area contributed by atoms with E-state index in [1.54, 1.807) is 18.1 Å². The number of hydrogen-bond acceptors (Lipinski definition) is 8.